The van der Waals surface area contributed by atoms with E-state index in [1.807, 2.05) is 24.3 Å². The van der Waals surface area contributed by atoms with E-state index in [-0.39, 0.29) is 0 Å². The molecule has 0 aliphatic heterocycles. The van der Waals surface area contributed by atoms with Gasteiger partial charge < -0.3 is 0 Å². The molecule has 0 aliphatic rings. The van der Waals surface area contributed by atoms with Crippen LogP contribution in [0.2, 0.25) is 0 Å². The summed E-state index contributed by atoms with van der Waals surface area (Å²) in [4.78, 5) is 15.7. The summed E-state index contributed by atoms with van der Waals surface area (Å²) in [5.74, 6) is 0. The Hall–Kier alpha value is -4.06. The Bertz CT molecular complexity index is 820. The minimum Gasteiger partial charge on any atom is -0.265 e. The summed E-state index contributed by atoms with van der Waals surface area (Å²) >= 11 is 0. The highest BCUT2D eigenvalue weighted by atomic mass is 15.1. The molecule has 0 bridgehead atoms. The third-order valence-electron chi connectivity index (χ3n) is 3.49. The number of hydrogen-bond acceptors (Lipinski definition) is 6. The van der Waals surface area contributed by atoms with Gasteiger partial charge in [0.1, 0.15) is 0 Å². The van der Waals surface area contributed by atoms with Crippen molar-refractivity contribution in [3.8, 4) is 0 Å². The zero-order chi connectivity index (χ0) is 19.3. The molecule has 0 spiro atoms. The molecule has 0 radical (unpaired) electrons. The molecule has 6 nitrogen and oxygen atoms in total. The Kier molecular flexibility index (Phi) is 7.24. The second-order valence-electron chi connectivity index (χ2n) is 5.51. The molecule has 0 aromatic carbocycles. The van der Waals surface area contributed by atoms with Gasteiger partial charge in [-0.15, -0.1) is 0 Å². The van der Waals surface area contributed by atoms with Crippen molar-refractivity contribution in [2.24, 2.45) is 10.2 Å². The molecule has 136 valence electrons. The summed E-state index contributed by atoms with van der Waals surface area (Å²) in [6.07, 6.45) is 18.0. The van der Waals surface area contributed by atoms with E-state index < -0.39 is 0 Å². The molecule has 4 heterocycles. The Labute approximate surface area is 163 Å². The van der Waals surface area contributed by atoms with Crippen LogP contribution in [0.25, 0.3) is 12.2 Å². The van der Waals surface area contributed by atoms with E-state index in [4.69, 9.17) is 0 Å². The molecular formula is C22H18N6. The van der Waals surface area contributed by atoms with Crippen molar-refractivity contribution in [3.63, 3.8) is 0 Å². The van der Waals surface area contributed by atoms with Crippen molar-refractivity contribution < 1.29 is 0 Å². The molecule has 0 atom stereocenters. The fourth-order valence-corrected chi connectivity index (χ4v) is 2.08. The lowest BCUT2D eigenvalue weighted by Gasteiger charge is -1.92. The summed E-state index contributed by atoms with van der Waals surface area (Å²) in [5.41, 5.74) is 3.88. The number of nitrogens with zero attached hydrogens (tertiary/aromatic N) is 6. The molecule has 6 heteroatoms. The van der Waals surface area contributed by atoms with Crippen LogP contribution in [0.15, 0.2) is 108 Å². The first-order chi connectivity index (χ1) is 13.9. The molecule has 4 aromatic heterocycles. The van der Waals surface area contributed by atoms with Crippen LogP contribution in [-0.2, 0) is 0 Å². The topological polar surface area (TPSA) is 76.3 Å². The van der Waals surface area contributed by atoms with Gasteiger partial charge in [0.25, 0.3) is 0 Å². The smallest absolute Gasteiger partial charge is 0.0887 e. The molecular weight excluding hydrogens is 348 g/mol. The SMILES string of the molecule is C(=C\c1ccncc1)/c1ccncc1.c1cc(N=Nc2ccncc2)ccn1. The molecule has 0 unspecified atom stereocenters. The van der Waals surface area contributed by atoms with Crippen LogP contribution in [0.5, 0.6) is 0 Å². The Morgan fingerprint density at radius 1 is 0.429 bits per heavy atom. The lowest BCUT2D eigenvalue weighted by Crippen LogP contribution is -1.74. The number of rotatable bonds is 4. The maximum absolute atomic E-state index is 4.03. The maximum Gasteiger partial charge on any atom is 0.0887 e. The summed E-state index contributed by atoms with van der Waals surface area (Å²) in [7, 11) is 0. The van der Waals surface area contributed by atoms with E-state index in [9.17, 15) is 0 Å². The van der Waals surface area contributed by atoms with Crippen LogP contribution >= 0.6 is 0 Å². The average Bonchev–Trinajstić information content (AvgIpc) is 2.80. The van der Waals surface area contributed by atoms with Gasteiger partial charge in [0.2, 0.25) is 0 Å². The van der Waals surface area contributed by atoms with Crippen molar-refractivity contribution in [3.05, 3.63) is 109 Å². The lowest BCUT2D eigenvalue weighted by molar-refractivity contribution is 1.19. The fraction of sp³-hybridized carbons (Fsp3) is 0. The van der Waals surface area contributed by atoms with Gasteiger partial charge in [-0.2, -0.15) is 10.2 Å². The number of pyridine rings is 4. The van der Waals surface area contributed by atoms with Gasteiger partial charge in [0.15, 0.2) is 0 Å². The Morgan fingerprint density at radius 2 is 0.714 bits per heavy atom. The van der Waals surface area contributed by atoms with Crippen LogP contribution in [0.1, 0.15) is 11.1 Å². The van der Waals surface area contributed by atoms with Gasteiger partial charge in [0, 0.05) is 49.6 Å². The highest BCUT2D eigenvalue weighted by Gasteiger charge is 1.88. The minimum atomic E-state index is 0.789. The van der Waals surface area contributed by atoms with Crippen molar-refractivity contribution in [2.75, 3.05) is 0 Å². The van der Waals surface area contributed by atoms with Gasteiger partial charge in [-0.05, 0) is 59.7 Å². The molecule has 0 N–H and O–H groups in total. The van der Waals surface area contributed by atoms with Gasteiger partial charge in [-0.3, -0.25) is 19.9 Å². The quantitative estimate of drug-likeness (QED) is 0.444. The van der Waals surface area contributed by atoms with Crippen molar-refractivity contribution >= 4 is 23.5 Å². The number of hydrogen-bond donors (Lipinski definition) is 0. The second kappa shape index (κ2) is 10.8. The lowest BCUT2D eigenvalue weighted by atomic mass is 10.2. The fourth-order valence-electron chi connectivity index (χ4n) is 2.08. The van der Waals surface area contributed by atoms with Crippen molar-refractivity contribution in [1.82, 2.24) is 19.9 Å². The zero-order valence-electron chi connectivity index (χ0n) is 15.1. The van der Waals surface area contributed by atoms with Gasteiger partial charge in [-0.25, -0.2) is 0 Å². The molecule has 0 saturated carbocycles. The van der Waals surface area contributed by atoms with Gasteiger partial charge in [-0.1, -0.05) is 12.2 Å². The molecule has 4 aromatic rings. The largest absolute Gasteiger partial charge is 0.265 e. The van der Waals surface area contributed by atoms with Crippen molar-refractivity contribution in [2.45, 2.75) is 0 Å². The first-order valence-electron chi connectivity index (χ1n) is 8.60. The Morgan fingerprint density at radius 3 is 1.04 bits per heavy atom. The summed E-state index contributed by atoms with van der Waals surface area (Å²) in [5, 5.41) is 8.07. The number of aromatic nitrogens is 4. The van der Waals surface area contributed by atoms with Gasteiger partial charge in [0.05, 0.1) is 11.4 Å². The van der Waals surface area contributed by atoms with Crippen molar-refractivity contribution in [1.29, 1.82) is 0 Å². The predicted molar refractivity (Wildman–Crippen MR) is 110 cm³/mol. The monoisotopic (exact) mass is 366 g/mol. The highest BCUT2D eigenvalue weighted by Crippen LogP contribution is 2.15. The van der Waals surface area contributed by atoms with E-state index >= 15 is 0 Å². The van der Waals surface area contributed by atoms with E-state index in [2.05, 4.69) is 42.3 Å². The predicted octanol–water partition coefficient (Wildman–Crippen LogP) is 5.54. The van der Waals surface area contributed by atoms with E-state index in [0.29, 0.717) is 0 Å². The highest BCUT2D eigenvalue weighted by molar-refractivity contribution is 5.68. The normalized spacial score (nSPS) is 10.6. The summed E-state index contributed by atoms with van der Waals surface area (Å²) in [6, 6.07) is 15.1. The molecule has 4 rings (SSSR count). The second-order valence-corrected chi connectivity index (χ2v) is 5.51. The third-order valence-corrected chi connectivity index (χ3v) is 3.49. The molecule has 0 aliphatic carbocycles. The molecule has 28 heavy (non-hydrogen) atoms. The van der Waals surface area contributed by atoms with Crippen LogP contribution in [0.4, 0.5) is 11.4 Å². The van der Waals surface area contributed by atoms with Gasteiger partial charge >= 0.3 is 0 Å². The van der Waals surface area contributed by atoms with E-state index in [1.165, 1.54) is 0 Å². The third kappa shape index (κ3) is 6.68. The minimum absolute atomic E-state index is 0.789. The standard InChI is InChI=1S/C12H10N2.C10H8N4/c1(11-3-7-13-8-4-11)2-12-5-9-14-10-6-12;1-5-11-6-2-9(1)13-14-10-3-7-12-8-4-10/h1-10H;1-8H/b2-1+;. The van der Waals surface area contributed by atoms with Crippen LogP contribution in [0.3, 0.4) is 0 Å². The number of azo groups is 1. The summed E-state index contributed by atoms with van der Waals surface area (Å²) < 4.78 is 0. The van der Waals surface area contributed by atoms with Crippen LogP contribution in [-0.4, -0.2) is 19.9 Å². The molecule has 0 amide bonds. The van der Waals surface area contributed by atoms with E-state index in [1.54, 1.807) is 73.8 Å². The first-order valence-corrected chi connectivity index (χ1v) is 8.60. The maximum atomic E-state index is 4.03. The molecule has 0 fully saturated rings. The summed E-state index contributed by atoms with van der Waals surface area (Å²) in [6.45, 7) is 0. The molecule has 0 saturated heterocycles. The first kappa shape index (κ1) is 18.7. The van der Waals surface area contributed by atoms with Crippen LogP contribution < -0.4 is 0 Å². The van der Waals surface area contributed by atoms with Crippen LogP contribution in [0, 0.1) is 0 Å². The Balaban J connectivity index is 0.000000161. The van der Waals surface area contributed by atoms with E-state index in [0.717, 1.165) is 22.5 Å². The zero-order valence-corrected chi connectivity index (χ0v) is 15.1. The average molecular weight is 366 g/mol.